The van der Waals surface area contributed by atoms with Crippen molar-refractivity contribution in [1.29, 1.82) is 0 Å². The maximum atomic E-state index is 11.9. The average molecular weight is 302 g/mol. The Balaban J connectivity index is 2.08. The summed E-state index contributed by atoms with van der Waals surface area (Å²) in [6.45, 7) is 2.39. The van der Waals surface area contributed by atoms with Gasteiger partial charge in [-0.15, -0.1) is 0 Å². The van der Waals surface area contributed by atoms with Crippen LogP contribution < -0.4 is 10.9 Å². The van der Waals surface area contributed by atoms with Crippen LogP contribution in [0.4, 0.5) is 5.82 Å². The van der Waals surface area contributed by atoms with E-state index in [0.717, 1.165) is 5.69 Å². The predicted molar refractivity (Wildman–Crippen MR) is 82.0 cm³/mol. The molecule has 7 nitrogen and oxygen atoms in total. The van der Waals surface area contributed by atoms with Crippen molar-refractivity contribution in [2.24, 2.45) is 0 Å². The third-order valence-corrected chi connectivity index (χ3v) is 3.14. The maximum Gasteiger partial charge on any atom is 0.309 e. The molecule has 2 aromatic heterocycles. The number of aryl methyl sites for hydroxylation is 1. The molecule has 0 aliphatic heterocycles. The lowest BCUT2D eigenvalue weighted by Crippen LogP contribution is -2.22. The van der Waals surface area contributed by atoms with Crippen LogP contribution in [0.2, 0.25) is 0 Å². The first kappa shape index (κ1) is 15.7. The van der Waals surface area contributed by atoms with Gasteiger partial charge in [-0.2, -0.15) is 0 Å². The molecule has 7 heteroatoms. The summed E-state index contributed by atoms with van der Waals surface area (Å²) in [6, 6.07) is 5.66. The Morgan fingerprint density at radius 1 is 1.41 bits per heavy atom. The lowest BCUT2D eigenvalue weighted by molar-refractivity contribution is -0.136. The summed E-state index contributed by atoms with van der Waals surface area (Å²) < 4.78 is 0. The van der Waals surface area contributed by atoms with E-state index in [1.165, 1.54) is 0 Å². The summed E-state index contributed by atoms with van der Waals surface area (Å²) in [6.07, 6.45) is 2.70. The van der Waals surface area contributed by atoms with Gasteiger partial charge in [0, 0.05) is 24.9 Å². The number of aromatic amines is 1. The van der Waals surface area contributed by atoms with Crippen LogP contribution in [-0.2, 0) is 24.1 Å². The Labute approximate surface area is 127 Å². The summed E-state index contributed by atoms with van der Waals surface area (Å²) in [5, 5.41) is 11.8. The van der Waals surface area contributed by atoms with Crippen LogP contribution in [0.1, 0.15) is 24.0 Å². The number of aliphatic carboxylic acids is 1. The van der Waals surface area contributed by atoms with Gasteiger partial charge in [0.1, 0.15) is 0 Å². The van der Waals surface area contributed by atoms with Crippen molar-refractivity contribution in [2.45, 2.75) is 26.2 Å². The Morgan fingerprint density at radius 2 is 2.23 bits per heavy atom. The number of nitrogens with zero attached hydrogens (tertiary/aromatic N) is 2. The van der Waals surface area contributed by atoms with Crippen molar-refractivity contribution in [3.8, 4) is 0 Å². The molecule has 2 aromatic rings. The van der Waals surface area contributed by atoms with Crippen LogP contribution in [0, 0.1) is 0 Å². The van der Waals surface area contributed by atoms with E-state index in [2.05, 4.69) is 20.3 Å². The van der Waals surface area contributed by atoms with Crippen LogP contribution >= 0.6 is 0 Å². The van der Waals surface area contributed by atoms with Gasteiger partial charge in [-0.25, -0.2) is 4.98 Å². The molecule has 0 fully saturated rings. The average Bonchev–Trinajstić information content (AvgIpc) is 2.50. The predicted octanol–water partition coefficient (Wildman–Crippen LogP) is 1.01. The summed E-state index contributed by atoms with van der Waals surface area (Å²) >= 11 is 0. The minimum atomic E-state index is -0.997. The van der Waals surface area contributed by atoms with E-state index in [9.17, 15) is 9.59 Å². The molecule has 0 aromatic carbocycles. The molecule has 0 radical (unpaired) electrons. The molecule has 0 atom stereocenters. The van der Waals surface area contributed by atoms with Gasteiger partial charge in [-0.3, -0.25) is 14.6 Å². The van der Waals surface area contributed by atoms with Crippen molar-refractivity contribution < 1.29 is 9.90 Å². The number of carboxylic acids is 1. The molecule has 0 unspecified atom stereocenters. The zero-order valence-electron chi connectivity index (χ0n) is 12.3. The smallest absolute Gasteiger partial charge is 0.309 e. The molecule has 0 saturated heterocycles. The molecule has 116 valence electrons. The monoisotopic (exact) mass is 302 g/mol. The molecule has 3 N–H and O–H groups in total. The number of nitrogens with one attached hydrogen (secondary N) is 2. The van der Waals surface area contributed by atoms with Gasteiger partial charge in [0.15, 0.2) is 5.82 Å². The van der Waals surface area contributed by atoms with Crippen molar-refractivity contribution in [2.75, 3.05) is 11.9 Å². The lowest BCUT2D eigenvalue weighted by Gasteiger charge is -2.09. The fourth-order valence-electron chi connectivity index (χ4n) is 2.09. The fraction of sp³-hybridized carbons (Fsp3) is 0.333. The molecule has 0 aliphatic rings. The first-order valence-corrected chi connectivity index (χ1v) is 7.07. The normalized spacial score (nSPS) is 10.4. The number of carbonyl (C=O) groups is 1. The van der Waals surface area contributed by atoms with E-state index in [1.54, 1.807) is 6.20 Å². The first-order valence-electron chi connectivity index (χ1n) is 7.07. The van der Waals surface area contributed by atoms with E-state index in [0.29, 0.717) is 30.8 Å². The molecular formula is C15H18N4O3. The number of anilines is 1. The van der Waals surface area contributed by atoms with Gasteiger partial charge in [0.2, 0.25) is 0 Å². The molecule has 22 heavy (non-hydrogen) atoms. The zero-order valence-corrected chi connectivity index (χ0v) is 12.3. The van der Waals surface area contributed by atoms with E-state index >= 15 is 0 Å². The van der Waals surface area contributed by atoms with E-state index < -0.39 is 11.5 Å². The summed E-state index contributed by atoms with van der Waals surface area (Å²) in [7, 11) is 0. The number of rotatable bonds is 7. The maximum absolute atomic E-state index is 11.9. The highest BCUT2D eigenvalue weighted by Gasteiger charge is 2.12. The third-order valence-electron chi connectivity index (χ3n) is 3.14. The van der Waals surface area contributed by atoms with Gasteiger partial charge in [-0.05, 0) is 18.6 Å². The highest BCUT2D eigenvalue weighted by Crippen LogP contribution is 2.06. The van der Waals surface area contributed by atoms with E-state index in [-0.39, 0.29) is 12.2 Å². The minimum Gasteiger partial charge on any atom is -0.481 e. The third kappa shape index (κ3) is 4.15. The van der Waals surface area contributed by atoms with Crippen LogP contribution in [0.3, 0.4) is 0 Å². The summed E-state index contributed by atoms with van der Waals surface area (Å²) in [4.78, 5) is 33.8. The van der Waals surface area contributed by atoms with E-state index in [4.69, 9.17) is 5.11 Å². The second kappa shape index (κ2) is 7.35. The van der Waals surface area contributed by atoms with Crippen molar-refractivity contribution >= 4 is 11.8 Å². The number of pyridine rings is 1. The second-order valence-electron chi connectivity index (χ2n) is 4.76. The topological polar surface area (TPSA) is 108 Å². The molecule has 0 spiro atoms. The molecule has 0 amide bonds. The molecule has 2 heterocycles. The lowest BCUT2D eigenvalue weighted by atomic mass is 10.2. The van der Waals surface area contributed by atoms with Crippen LogP contribution in [0.5, 0.6) is 0 Å². The van der Waals surface area contributed by atoms with Crippen LogP contribution in [0.25, 0.3) is 0 Å². The fourth-order valence-corrected chi connectivity index (χ4v) is 2.09. The van der Waals surface area contributed by atoms with Crippen LogP contribution in [-0.4, -0.2) is 32.6 Å². The van der Waals surface area contributed by atoms with Crippen molar-refractivity contribution in [3.05, 3.63) is 51.8 Å². The number of aromatic nitrogens is 3. The van der Waals surface area contributed by atoms with Gasteiger partial charge in [-0.1, -0.05) is 13.0 Å². The van der Waals surface area contributed by atoms with Gasteiger partial charge in [0.05, 0.1) is 17.8 Å². The molecule has 2 rings (SSSR count). The van der Waals surface area contributed by atoms with Crippen LogP contribution in [0.15, 0.2) is 29.2 Å². The Kier molecular flexibility index (Phi) is 5.24. The van der Waals surface area contributed by atoms with Crippen molar-refractivity contribution in [1.82, 2.24) is 15.0 Å². The summed E-state index contributed by atoms with van der Waals surface area (Å²) in [5.41, 5.74) is 1.46. The van der Waals surface area contributed by atoms with Crippen molar-refractivity contribution in [3.63, 3.8) is 0 Å². The number of hydrogen-bond acceptors (Lipinski definition) is 5. The highest BCUT2D eigenvalue weighted by molar-refractivity contribution is 5.69. The van der Waals surface area contributed by atoms with E-state index in [1.807, 2.05) is 25.1 Å². The Bertz CT molecular complexity index is 698. The Hall–Kier alpha value is -2.70. The largest absolute Gasteiger partial charge is 0.481 e. The Morgan fingerprint density at radius 3 is 2.86 bits per heavy atom. The zero-order chi connectivity index (χ0) is 15.9. The molecule has 0 bridgehead atoms. The first-order chi connectivity index (χ1) is 10.6. The van der Waals surface area contributed by atoms with Gasteiger partial charge >= 0.3 is 5.97 Å². The number of hydrogen-bond donors (Lipinski definition) is 3. The standard InChI is InChI=1S/C15H18N4O3/c1-2-11-12(9-13(20)21)19-15(22)14(18-11)17-8-6-10-5-3-4-7-16-10/h3-5,7H,2,6,8-9H2,1H3,(H,17,18)(H,19,22)(H,20,21). The van der Waals surface area contributed by atoms with Gasteiger partial charge in [0.25, 0.3) is 5.56 Å². The molecule has 0 saturated carbocycles. The number of H-pyrrole nitrogens is 1. The SMILES string of the molecule is CCc1nc(NCCc2ccccn2)c(=O)[nH]c1CC(=O)O. The molecule has 0 aliphatic carbocycles. The minimum absolute atomic E-state index is 0.210. The molecular weight excluding hydrogens is 284 g/mol. The quantitative estimate of drug-likeness (QED) is 0.704. The summed E-state index contributed by atoms with van der Waals surface area (Å²) in [5.74, 6) is -0.787. The highest BCUT2D eigenvalue weighted by atomic mass is 16.4. The number of carboxylic acid groups (broad SMARTS) is 1. The van der Waals surface area contributed by atoms with Gasteiger partial charge < -0.3 is 15.4 Å². The second-order valence-corrected chi connectivity index (χ2v) is 4.76.